The van der Waals surface area contributed by atoms with E-state index < -0.39 is 11.6 Å². The number of carbonyl (C=O) groups is 1. The van der Waals surface area contributed by atoms with Crippen LogP contribution in [0.4, 0.5) is 14.5 Å². The molecular weight excluding hydrogens is 288 g/mol. The molecule has 1 aromatic rings. The third kappa shape index (κ3) is 4.40. The third-order valence-corrected chi connectivity index (χ3v) is 3.26. The molecule has 0 saturated carbocycles. The zero-order chi connectivity index (χ0) is 13.8. The van der Waals surface area contributed by atoms with E-state index in [9.17, 15) is 13.6 Å². The highest BCUT2D eigenvalue weighted by atomic mass is 35.5. The number of amides is 1. The van der Waals surface area contributed by atoms with E-state index in [2.05, 4.69) is 10.6 Å². The number of hydrogen-bond acceptors (Lipinski definition) is 3. The summed E-state index contributed by atoms with van der Waals surface area (Å²) in [6.07, 6.45) is 0.995. The van der Waals surface area contributed by atoms with E-state index >= 15 is 0 Å². The molecule has 2 rings (SSSR count). The fraction of sp³-hybridized carbons (Fsp3) is 0.462. The van der Waals surface area contributed by atoms with Crippen molar-refractivity contribution in [1.29, 1.82) is 0 Å². The van der Waals surface area contributed by atoms with Gasteiger partial charge in [0, 0.05) is 18.7 Å². The van der Waals surface area contributed by atoms with E-state index in [1.807, 2.05) is 11.9 Å². The van der Waals surface area contributed by atoms with Crippen molar-refractivity contribution in [2.75, 3.05) is 32.0 Å². The monoisotopic (exact) mass is 305 g/mol. The van der Waals surface area contributed by atoms with Gasteiger partial charge in [0.05, 0.1) is 12.2 Å². The van der Waals surface area contributed by atoms with Crippen molar-refractivity contribution in [2.24, 2.45) is 0 Å². The van der Waals surface area contributed by atoms with Crippen LogP contribution < -0.4 is 10.6 Å². The lowest BCUT2D eigenvalue weighted by atomic mass is 10.2. The molecule has 1 amide bonds. The Morgan fingerprint density at radius 2 is 2.25 bits per heavy atom. The average Bonchev–Trinajstić information content (AvgIpc) is 2.86. The summed E-state index contributed by atoms with van der Waals surface area (Å²) in [5, 5.41) is 5.67. The molecule has 1 aliphatic heterocycles. The second kappa shape index (κ2) is 7.52. The summed E-state index contributed by atoms with van der Waals surface area (Å²) in [5.41, 5.74) is 0.00402. The molecule has 1 fully saturated rings. The molecule has 1 saturated heterocycles. The number of carbonyl (C=O) groups excluding carboxylic acids is 1. The Bertz CT molecular complexity index is 467. The summed E-state index contributed by atoms with van der Waals surface area (Å²) in [4.78, 5) is 13.7. The van der Waals surface area contributed by atoms with Crippen LogP contribution in [0.5, 0.6) is 0 Å². The SMILES string of the molecule is CN(CC(=O)Nc1ccc(F)cc1F)C1CCNC1.Cl. The molecule has 1 aromatic carbocycles. The average molecular weight is 306 g/mol. The maximum Gasteiger partial charge on any atom is 0.238 e. The van der Waals surface area contributed by atoms with Gasteiger partial charge in [0.25, 0.3) is 0 Å². The molecule has 1 unspecified atom stereocenters. The fourth-order valence-electron chi connectivity index (χ4n) is 2.15. The molecule has 2 N–H and O–H groups in total. The van der Waals surface area contributed by atoms with Crippen molar-refractivity contribution in [1.82, 2.24) is 10.2 Å². The molecule has 0 aromatic heterocycles. The number of halogens is 3. The van der Waals surface area contributed by atoms with Crippen molar-refractivity contribution in [3.8, 4) is 0 Å². The van der Waals surface area contributed by atoms with Crippen molar-refractivity contribution < 1.29 is 13.6 Å². The van der Waals surface area contributed by atoms with Gasteiger partial charge in [-0.05, 0) is 32.1 Å². The minimum absolute atomic E-state index is 0. The number of rotatable bonds is 4. The first-order valence-electron chi connectivity index (χ1n) is 6.22. The van der Waals surface area contributed by atoms with Gasteiger partial charge in [-0.25, -0.2) is 8.78 Å². The molecule has 1 heterocycles. The van der Waals surface area contributed by atoms with Crippen molar-refractivity contribution in [3.05, 3.63) is 29.8 Å². The van der Waals surface area contributed by atoms with Gasteiger partial charge >= 0.3 is 0 Å². The smallest absolute Gasteiger partial charge is 0.238 e. The van der Waals surface area contributed by atoms with Crippen molar-refractivity contribution in [2.45, 2.75) is 12.5 Å². The van der Waals surface area contributed by atoms with Gasteiger partial charge in [0.15, 0.2) is 0 Å². The number of nitrogens with zero attached hydrogens (tertiary/aromatic N) is 1. The number of likely N-dealkylation sites (N-methyl/N-ethyl adjacent to an activating group) is 1. The summed E-state index contributed by atoms with van der Waals surface area (Å²) >= 11 is 0. The van der Waals surface area contributed by atoms with Crippen LogP contribution in [0.3, 0.4) is 0 Å². The van der Waals surface area contributed by atoms with E-state index in [-0.39, 0.29) is 30.5 Å². The highest BCUT2D eigenvalue weighted by molar-refractivity contribution is 5.92. The van der Waals surface area contributed by atoms with E-state index in [1.54, 1.807) is 0 Å². The number of hydrogen-bond donors (Lipinski definition) is 2. The largest absolute Gasteiger partial charge is 0.322 e. The fourth-order valence-corrected chi connectivity index (χ4v) is 2.15. The van der Waals surface area contributed by atoms with Gasteiger partial charge in [-0.3, -0.25) is 9.69 Å². The molecule has 0 radical (unpaired) electrons. The second-order valence-corrected chi connectivity index (χ2v) is 4.73. The molecule has 20 heavy (non-hydrogen) atoms. The van der Waals surface area contributed by atoms with Gasteiger partial charge in [-0.15, -0.1) is 12.4 Å². The highest BCUT2D eigenvalue weighted by Gasteiger charge is 2.21. The molecule has 112 valence electrons. The molecule has 1 aliphatic rings. The Labute approximate surface area is 122 Å². The van der Waals surface area contributed by atoms with Gasteiger partial charge in [0.1, 0.15) is 11.6 Å². The molecule has 0 bridgehead atoms. The van der Waals surface area contributed by atoms with Crippen molar-refractivity contribution in [3.63, 3.8) is 0 Å². The lowest BCUT2D eigenvalue weighted by Crippen LogP contribution is -2.39. The maximum atomic E-state index is 13.4. The van der Waals surface area contributed by atoms with Crippen LogP contribution in [-0.2, 0) is 4.79 Å². The maximum absolute atomic E-state index is 13.4. The summed E-state index contributed by atoms with van der Waals surface area (Å²) in [6.45, 7) is 1.99. The van der Waals surface area contributed by atoms with Gasteiger partial charge in [-0.1, -0.05) is 0 Å². The molecular formula is C13H18ClF2N3O. The Morgan fingerprint density at radius 1 is 1.50 bits per heavy atom. The van der Waals surface area contributed by atoms with E-state index in [4.69, 9.17) is 0 Å². The number of anilines is 1. The summed E-state index contributed by atoms with van der Waals surface area (Å²) in [5.74, 6) is -1.73. The lowest BCUT2D eigenvalue weighted by molar-refractivity contribution is -0.117. The Hall–Kier alpha value is -1.24. The predicted octanol–water partition coefficient (Wildman–Crippen LogP) is 1.62. The van der Waals surface area contributed by atoms with E-state index in [1.165, 1.54) is 6.07 Å². The van der Waals surface area contributed by atoms with Gasteiger partial charge < -0.3 is 10.6 Å². The molecule has 0 aliphatic carbocycles. The summed E-state index contributed by atoms with van der Waals surface area (Å²) in [7, 11) is 1.86. The van der Waals surface area contributed by atoms with Crippen LogP contribution in [0.1, 0.15) is 6.42 Å². The predicted molar refractivity (Wildman–Crippen MR) is 76.1 cm³/mol. The van der Waals surface area contributed by atoms with Crippen LogP contribution in [0, 0.1) is 11.6 Å². The summed E-state index contributed by atoms with van der Waals surface area (Å²) in [6, 6.07) is 3.41. The zero-order valence-corrected chi connectivity index (χ0v) is 12.0. The van der Waals surface area contributed by atoms with Crippen LogP contribution in [0.25, 0.3) is 0 Å². The van der Waals surface area contributed by atoms with Crippen molar-refractivity contribution >= 4 is 24.0 Å². The first kappa shape index (κ1) is 16.8. The van der Waals surface area contributed by atoms with Gasteiger partial charge in [0.2, 0.25) is 5.91 Å². The van der Waals surface area contributed by atoms with Crippen LogP contribution in [-0.4, -0.2) is 43.5 Å². The standard InChI is InChI=1S/C13H17F2N3O.ClH/c1-18(10-4-5-16-7-10)8-13(19)17-12-3-2-9(14)6-11(12)15;/h2-3,6,10,16H,4-5,7-8H2,1H3,(H,17,19);1H. The number of nitrogens with one attached hydrogen (secondary N) is 2. The molecule has 7 heteroatoms. The zero-order valence-electron chi connectivity index (χ0n) is 11.2. The van der Waals surface area contributed by atoms with Crippen LogP contribution in [0.2, 0.25) is 0 Å². The Balaban J connectivity index is 0.00000200. The lowest BCUT2D eigenvalue weighted by Gasteiger charge is -2.22. The molecule has 1 atom stereocenters. The minimum Gasteiger partial charge on any atom is -0.322 e. The molecule has 0 spiro atoms. The molecule has 4 nitrogen and oxygen atoms in total. The highest BCUT2D eigenvalue weighted by Crippen LogP contribution is 2.15. The van der Waals surface area contributed by atoms with E-state index in [0.717, 1.165) is 31.6 Å². The van der Waals surface area contributed by atoms with E-state index in [0.29, 0.717) is 6.04 Å². The minimum atomic E-state index is -0.765. The Morgan fingerprint density at radius 3 is 2.85 bits per heavy atom. The summed E-state index contributed by atoms with van der Waals surface area (Å²) < 4.78 is 26.1. The quantitative estimate of drug-likeness (QED) is 0.888. The topological polar surface area (TPSA) is 44.4 Å². The normalized spacial score (nSPS) is 17.9. The third-order valence-electron chi connectivity index (χ3n) is 3.26. The second-order valence-electron chi connectivity index (χ2n) is 4.73. The van der Waals surface area contributed by atoms with Crippen LogP contribution in [0.15, 0.2) is 18.2 Å². The van der Waals surface area contributed by atoms with Gasteiger partial charge in [-0.2, -0.15) is 0 Å². The number of benzene rings is 1. The first-order chi connectivity index (χ1) is 9.06. The van der Waals surface area contributed by atoms with Crippen LogP contribution >= 0.6 is 12.4 Å². The Kier molecular flexibility index (Phi) is 6.32. The first-order valence-corrected chi connectivity index (χ1v) is 6.22.